The molecule has 0 aliphatic rings. The first-order chi connectivity index (χ1) is 9.13. The Balaban J connectivity index is 2.31. The fraction of sp³-hybridized carbons (Fsp3) is 0.500. The van der Waals surface area contributed by atoms with Crippen LogP contribution in [0.3, 0.4) is 0 Å². The Morgan fingerprint density at radius 3 is 2.42 bits per heavy atom. The van der Waals surface area contributed by atoms with Crippen LogP contribution in [-0.4, -0.2) is 44.7 Å². The maximum atomic E-state index is 11.4. The summed E-state index contributed by atoms with van der Waals surface area (Å²) in [6, 6.07) is 7.41. The molecule has 1 rings (SSSR count). The first-order valence-electron chi connectivity index (χ1n) is 6.39. The smallest absolute Gasteiger partial charge is 0.222 e. The van der Waals surface area contributed by atoms with Crippen molar-refractivity contribution in [3.8, 4) is 11.5 Å². The Morgan fingerprint density at radius 2 is 1.84 bits per heavy atom. The lowest BCUT2D eigenvalue weighted by Crippen LogP contribution is -2.21. The number of amides is 1. The van der Waals surface area contributed by atoms with E-state index in [2.05, 4.69) is 0 Å². The number of ether oxygens (including phenoxy) is 2. The van der Waals surface area contributed by atoms with Crippen LogP contribution in [0.25, 0.3) is 0 Å². The van der Waals surface area contributed by atoms with Gasteiger partial charge in [0.25, 0.3) is 0 Å². The molecule has 5 nitrogen and oxygen atoms in total. The molecule has 1 aromatic rings. The van der Waals surface area contributed by atoms with E-state index in [-0.39, 0.29) is 5.91 Å². The number of carbonyl (C=O) groups is 1. The summed E-state index contributed by atoms with van der Waals surface area (Å²) in [6.45, 7) is 1.48. The lowest BCUT2D eigenvalue weighted by atomic mass is 10.3. The topological polar surface area (TPSA) is 64.8 Å². The molecule has 0 aliphatic heterocycles. The third-order valence-corrected chi connectivity index (χ3v) is 2.49. The number of nitrogens with zero attached hydrogens (tertiary/aromatic N) is 1. The number of benzene rings is 1. The SMILES string of the molecule is CN(C)C(=O)CCCOc1cccc(OCCN)c1. The van der Waals surface area contributed by atoms with E-state index in [1.807, 2.05) is 24.3 Å². The summed E-state index contributed by atoms with van der Waals surface area (Å²) in [5.74, 6) is 1.60. The molecule has 0 bridgehead atoms. The van der Waals surface area contributed by atoms with Gasteiger partial charge >= 0.3 is 0 Å². The highest BCUT2D eigenvalue weighted by atomic mass is 16.5. The molecule has 106 valence electrons. The van der Waals surface area contributed by atoms with Gasteiger partial charge in [0.05, 0.1) is 6.61 Å². The molecular weight excluding hydrogens is 244 g/mol. The second-order valence-electron chi connectivity index (χ2n) is 4.35. The Morgan fingerprint density at radius 1 is 1.21 bits per heavy atom. The average Bonchev–Trinajstić information content (AvgIpc) is 2.41. The van der Waals surface area contributed by atoms with E-state index in [0.717, 1.165) is 11.5 Å². The molecule has 0 heterocycles. The van der Waals surface area contributed by atoms with Crippen molar-refractivity contribution in [3.63, 3.8) is 0 Å². The molecule has 0 atom stereocenters. The summed E-state index contributed by atoms with van der Waals surface area (Å²) in [4.78, 5) is 12.9. The van der Waals surface area contributed by atoms with Gasteiger partial charge in [-0.05, 0) is 18.6 Å². The first kappa shape index (κ1) is 15.3. The van der Waals surface area contributed by atoms with Crippen LogP contribution in [-0.2, 0) is 4.79 Å². The van der Waals surface area contributed by atoms with E-state index in [4.69, 9.17) is 15.2 Å². The summed E-state index contributed by atoms with van der Waals surface area (Å²) in [6.07, 6.45) is 1.20. The average molecular weight is 266 g/mol. The summed E-state index contributed by atoms with van der Waals surface area (Å²) < 4.78 is 11.0. The molecule has 19 heavy (non-hydrogen) atoms. The molecule has 1 amide bonds. The van der Waals surface area contributed by atoms with Crippen molar-refractivity contribution in [2.45, 2.75) is 12.8 Å². The number of nitrogens with two attached hydrogens (primary N) is 1. The van der Waals surface area contributed by atoms with Gasteiger partial charge in [-0.15, -0.1) is 0 Å². The summed E-state index contributed by atoms with van der Waals surface area (Å²) in [5, 5.41) is 0. The third-order valence-electron chi connectivity index (χ3n) is 2.49. The Kier molecular flexibility index (Phi) is 6.74. The lowest BCUT2D eigenvalue weighted by Gasteiger charge is -2.11. The molecule has 0 spiro atoms. The highest BCUT2D eigenvalue weighted by Gasteiger charge is 2.03. The maximum Gasteiger partial charge on any atom is 0.222 e. The van der Waals surface area contributed by atoms with Crippen LogP contribution in [0.2, 0.25) is 0 Å². The lowest BCUT2D eigenvalue weighted by molar-refractivity contribution is -0.128. The minimum atomic E-state index is 0.114. The van der Waals surface area contributed by atoms with Crippen LogP contribution >= 0.6 is 0 Å². The van der Waals surface area contributed by atoms with Crippen molar-refractivity contribution in [2.24, 2.45) is 5.73 Å². The van der Waals surface area contributed by atoms with Crippen LogP contribution in [0.15, 0.2) is 24.3 Å². The van der Waals surface area contributed by atoms with Crippen LogP contribution in [0.5, 0.6) is 11.5 Å². The van der Waals surface area contributed by atoms with Crippen molar-refractivity contribution >= 4 is 5.91 Å². The molecule has 0 fully saturated rings. The predicted octanol–water partition coefficient (Wildman–Crippen LogP) is 1.27. The van der Waals surface area contributed by atoms with E-state index in [1.165, 1.54) is 0 Å². The Hall–Kier alpha value is -1.75. The maximum absolute atomic E-state index is 11.4. The zero-order valence-electron chi connectivity index (χ0n) is 11.6. The quantitative estimate of drug-likeness (QED) is 0.720. The number of hydrogen-bond donors (Lipinski definition) is 1. The van der Waals surface area contributed by atoms with E-state index in [9.17, 15) is 4.79 Å². The molecule has 0 saturated heterocycles. The molecule has 0 radical (unpaired) electrons. The molecule has 0 aliphatic carbocycles. The van der Waals surface area contributed by atoms with Gasteiger partial charge in [0.2, 0.25) is 5.91 Å². The van der Waals surface area contributed by atoms with Gasteiger partial charge in [-0.3, -0.25) is 4.79 Å². The molecule has 5 heteroatoms. The van der Waals surface area contributed by atoms with Gasteiger partial charge in [0.1, 0.15) is 18.1 Å². The zero-order chi connectivity index (χ0) is 14.1. The minimum absolute atomic E-state index is 0.114. The van der Waals surface area contributed by atoms with Crippen molar-refractivity contribution < 1.29 is 14.3 Å². The summed E-state index contributed by atoms with van der Waals surface area (Å²) >= 11 is 0. The summed E-state index contributed by atoms with van der Waals surface area (Å²) in [7, 11) is 3.50. The highest BCUT2D eigenvalue weighted by molar-refractivity contribution is 5.75. The van der Waals surface area contributed by atoms with Gasteiger partial charge in [0.15, 0.2) is 0 Å². The van der Waals surface area contributed by atoms with Gasteiger partial charge in [-0.1, -0.05) is 6.07 Å². The van der Waals surface area contributed by atoms with Crippen molar-refractivity contribution in [3.05, 3.63) is 24.3 Å². The molecule has 1 aromatic carbocycles. The Bertz CT molecular complexity index is 394. The second kappa shape index (κ2) is 8.37. The van der Waals surface area contributed by atoms with Crippen LogP contribution in [0.1, 0.15) is 12.8 Å². The summed E-state index contributed by atoms with van der Waals surface area (Å²) in [5.41, 5.74) is 5.37. The largest absolute Gasteiger partial charge is 0.493 e. The standard InChI is InChI=1S/C14H22N2O3/c1-16(2)14(17)7-4-9-18-12-5-3-6-13(11-12)19-10-8-15/h3,5-6,11H,4,7-10,15H2,1-2H3. The fourth-order valence-corrected chi connectivity index (χ4v) is 1.47. The van der Waals surface area contributed by atoms with E-state index in [1.54, 1.807) is 19.0 Å². The number of hydrogen-bond acceptors (Lipinski definition) is 4. The number of carbonyl (C=O) groups excluding carboxylic acids is 1. The van der Waals surface area contributed by atoms with Gasteiger partial charge in [-0.25, -0.2) is 0 Å². The van der Waals surface area contributed by atoms with Crippen molar-refractivity contribution in [1.29, 1.82) is 0 Å². The Labute approximate surface area is 114 Å². The van der Waals surface area contributed by atoms with Crippen LogP contribution in [0, 0.1) is 0 Å². The van der Waals surface area contributed by atoms with E-state index in [0.29, 0.717) is 32.6 Å². The third kappa shape index (κ3) is 6.10. The van der Waals surface area contributed by atoms with Crippen LogP contribution < -0.4 is 15.2 Å². The monoisotopic (exact) mass is 266 g/mol. The molecule has 0 aromatic heterocycles. The zero-order valence-corrected chi connectivity index (χ0v) is 11.6. The van der Waals surface area contributed by atoms with Crippen molar-refractivity contribution in [1.82, 2.24) is 4.90 Å². The molecular formula is C14H22N2O3. The van der Waals surface area contributed by atoms with E-state index < -0.39 is 0 Å². The number of rotatable bonds is 8. The van der Waals surface area contributed by atoms with Gasteiger partial charge < -0.3 is 20.1 Å². The molecule has 2 N–H and O–H groups in total. The van der Waals surface area contributed by atoms with Gasteiger partial charge in [0, 0.05) is 33.1 Å². The van der Waals surface area contributed by atoms with Crippen molar-refractivity contribution in [2.75, 3.05) is 33.9 Å². The first-order valence-corrected chi connectivity index (χ1v) is 6.39. The van der Waals surface area contributed by atoms with E-state index >= 15 is 0 Å². The molecule has 0 unspecified atom stereocenters. The normalized spacial score (nSPS) is 10.1. The van der Waals surface area contributed by atoms with Gasteiger partial charge in [-0.2, -0.15) is 0 Å². The molecule has 0 saturated carbocycles. The predicted molar refractivity (Wildman–Crippen MR) is 74.4 cm³/mol. The second-order valence-corrected chi connectivity index (χ2v) is 4.35. The minimum Gasteiger partial charge on any atom is -0.493 e. The highest BCUT2D eigenvalue weighted by Crippen LogP contribution is 2.19. The fourth-order valence-electron chi connectivity index (χ4n) is 1.47. The van der Waals surface area contributed by atoms with Crippen LogP contribution in [0.4, 0.5) is 0 Å².